The van der Waals surface area contributed by atoms with Gasteiger partial charge in [-0.2, -0.15) is 0 Å². The third-order valence-corrected chi connectivity index (χ3v) is 5.29. The molecule has 1 aromatic heterocycles. The van der Waals surface area contributed by atoms with Crippen molar-refractivity contribution >= 4 is 11.3 Å². The summed E-state index contributed by atoms with van der Waals surface area (Å²) in [5, 5.41) is 10.7. The highest BCUT2D eigenvalue weighted by Gasteiger charge is 2.24. The van der Waals surface area contributed by atoms with Crippen molar-refractivity contribution in [1.82, 2.24) is 0 Å². The SMILES string of the molecule is CCC(c1ccccc1)C(O)c1ccc(C(C)(C)C)s1. The third kappa shape index (κ3) is 3.31. The number of aliphatic hydroxyl groups excluding tert-OH is 1. The molecule has 0 saturated heterocycles. The van der Waals surface area contributed by atoms with E-state index in [-0.39, 0.29) is 11.3 Å². The average Bonchev–Trinajstić information content (AvgIpc) is 2.90. The molecule has 2 aromatic rings. The molecule has 2 rings (SSSR count). The lowest BCUT2D eigenvalue weighted by atomic mass is 9.90. The van der Waals surface area contributed by atoms with E-state index in [0.717, 1.165) is 11.3 Å². The second kappa shape index (κ2) is 6.11. The Bertz CT molecular complexity index is 536. The molecule has 0 amide bonds. The molecule has 1 aromatic carbocycles. The van der Waals surface area contributed by atoms with Crippen LogP contribution in [0.5, 0.6) is 0 Å². The molecule has 2 atom stereocenters. The first-order valence-electron chi connectivity index (χ1n) is 7.26. The molecule has 0 saturated carbocycles. The van der Waals surface area contributed by atoms with Crippen molar-refractivity contribution in [1.29, 1.82) is 0 Å². The van der Waals surface area contributed by atoms with Gasteiger partial charge in [-0.25, -0.2) is 0 Å². The van der Waals surface area contributed by atoms with Gasteiger partial charge in [0.1, 0.15) is 0 Å². The zero-order valence-corrected chi connectivity index (χ0v) is 13.6. The Hall–Kier alpha value is -1.12. The minimum Gasteiger partial charge on any atom is -0.387 e. The van der Waals surface area contributed by atoms with Crippen molar-refractivity contribution < 1.29 is 5.11 Å². The van der Waals surface area contributed by atoms with Crippen LogP contribution < -0.4 is 0 Å². The molecule has 0 bridgehead atoms. The van der Waals surface area contributed by atoms with Crippen LogP contribution in [0, 0.1) is 0 Å². The molecule has 2 unspecified atom stereocenters. The highest BCUT2D eigenvalue weighted by molar-refractivity contribution is 7.12. The zero-order chi connectivity index (χ0) is 14.8. The van der Waals surface area contributed by atoms with E-state index < -0.39 is 6.10 Å². The number of aliphatic hydroxyl groups is 1. The molecule has 0 aliphatic carbocycles. The highest BCUT2D eigenvalue weighted by atomic mass is 32.1. The van der Waals surface area contributed by atoms with Crippen molar-refractivity contribution in [3.05, 3.63) is 57.8 Å². The van der Waals surface area contributed by atoms with Gasteiger partial charge in [0.05, 0.1) is 6.10 Å². The smallest absolute Gasteiger partial charge is 0.0950 e. The minimum absolute atomic E-state index is 0.150. The summed E-state index contributed by atoms with van der Waals surface area (Å²) in [6.45, 7) is 8.77. The predicted octanol–water partition coefficient (Wildman–Crippen LogP) is 5.27. The topological polar surface area (TPSA) is 20.2 Å². The molecule has 2 heteroatoms. The second-order valence-corrected chi connectivity index (χ2v) is 7.44. The van der Waals surface area contributed by atoms with Crippen LogP contribution >= 0.6 is 11.3 Å². The molecule has 0 radical (unpaired) electrons. The number of hydrogen-bond donors (Lipinski definition) is 1. The molecule has 1 N–H and O–H groups in total. The monoisotopic (exact) mass is 288 g/mol. The summed E-state index contributed by atoms with van der Waals surface area (Å²) in [5.41, 5.74) is 1.37. The lowest BCUT2D eigenvalue weighted by Crippen LogP contribution is -2.09. The van der Waals surface area contributed by atoms with E-state index in [1.807, 2.05) is 18.2 Å². The van der Waals surface area contributed by atoms with Gasteiger partial charge < -0.3 is 5.11 Å². The first-order valence-corrected chi connectivity index (χ1v) is 8.08. The Morgan fingerprint density at radius 1 is 1.05 bits per heavy atom. The maximum absolute atomic E-state index is 10.7. The normalized spacial score (nSPS) is 15.1. The van der Waals surface area contributed by atoms with Gasteiger partial charge in [-0.3, -0.25) is 0 Å². The van der Waals surface area contributed by atoms with Crippen LogP contribution in [-0.2, 0) is 5.41 Å². The Morgan fingerprint density at radius 3 is 2.20 bits per heavy atom. The van der Waals surface area contributed by atoms with E-state index in [1.165, 1.54) is 10.4 Å². The van der Waals surface area contributed by atoms with Crippen molar-refractivity contribution in [2.45, 2.75) is 51.6 Å². The van der Waals surface area contributed by atoms with Crippen molar-refractivity contribution in [2.24, 2.45) is 0 Å². The van der Waals surface area contributed by atoms with Crippen LogP contribution in [0.1, 0.15) is 61.5 Å². The van der Waals surface area contributed by atoms with Gasteiger partial charge in [0.25, 0.3) is 0 Å². The van der Waals surface area contributed by atoms with Crippen molar-refractivity contribution in [2.75, 3.05) is 0 Å². The van der Waals surface area contributed by atoms with E-state index in [2.05, 4.69) is 52.0 Å². The maximum Gasteiger partial charge on any atom is 0.0950 e. The van der Waals surface area contributed by atoms with E-state index in [9.17, 15) is 5.11 Å². The molecule has 0 aliphatic rings. The third-order valence-electron chi connectivity index (χ3n) is 3.71. The molecule has 0 fully saturated rings. The number of thiophene rings is 1. The van der Waals surface area contributed by atoms with Gasteiger partial charge in [0.2, 0.25) is 0 Å². The zero-order valence-electron chi connectivity index (χ0n) is 12.8. The summed E-state index contributed by atoms with van der Waals surface area (Å²) in [6, 6.07) is 14.6. The molecule has 1 nitrogen and oxygen atoms in total. The number of hydrogen-bond acceptors (Lipinski definition) is 2. The van der Waals surface area contributed by atoms with Crippen LogP contribution in [0.25, 0.3) is 0 Å². The average molecular weight is 288 g/mol. The molecular weight excluding hydrogens is 264 g/mol. The minimum atomic E-state index is -0.413. The molecule has 20 heavy (non-hydrogen) atoms. The van der Waals surface area contributed by atoms with Crippen LogP contribution in [0.2, 0.25) is 0 Å². The molecule has 108 valence electrons. The van der Waals surface area contributed by atoms with Gasteiger partial charge in [-0.1, -0.05) is 58.0 Å². The Morgan fingerprint density at radius 2 is 1.70 bits per heavy atom. The summed E-state index contributed by atoms with van der Waals surface area (Å²) in [5.74, 6) is 0.169. The maximum atomic E-state index is 10.7. The number of rotatable bonds is 4. The first-order chi connectivity index (χ1) is 9.43. The predicted molar refractivity (Wildman–Crippen MR) is 87.5 cm³/mol. The number of benzene rings is 1. The fourth-order valence-corrected chi connectivity index (χ4v) is 3.57. The van der Waals surface area contributed by atoms with Gasteiger partial charge >= 0.3 is 0 Å². The summed E-state index contributed by atoms with van der Waals surface area (Å²) >= 11 is 1.74. The fraction of sp³-hybridized carbons (Fsp3) is 0.444. The van der Waals surface area contributed by atoms with Crippen LogP contribution in [0.15, 0.2) is 42.5 Å². The van der Waals surface area contributed by atoms with E-state index in [0.29, 0.717) is 0 Å². The highest BCUT2D eigenvalue weighted by Crippen LogP contribution is 2.39. The standard InChI is InChI=1S/C18H24OS/c1-5-14(13-9-7-6-8-10-13)17(19)15-11-12-16(20-15)18(2,3)4/h6-12,14,17,19H,5H2,1-4H3. The summed E-state index contributed by atoms with van der Waals surface area (Å²) in [4.78, 5) is 2.40. The lowest BCUT2D eigenvalue weighted by molar-refractivity contribution is 0.146. The van der Waals surface area contributed by atoms with Crippen molar-refractivity contribution in [3.8, 4) is 0 Å². The van der Waals surface area contributed by atoms with Crippen LogP contribution in [-0.4, -0.2) is 5.11 Å². The fourth-order valence-electron chi connectivity index (χ4n) is 2.45. The van der Waals surface area contributed by atoms with E-state index in [1.54, 1.807) is 11.3 Å². The Labute approximate surface area is 126 Å². The van der Waals surface area contributed by atoms with Crippen molar-refractivity contribution in [3.63, 3.8) is 0 Å². The van der Waals surface area contributed by atoms with Gasteiger partial charge in [0, 0.05) is 15.7 Å². The van der Waals surface area contributed by atoms with Gasteiger partial charge in [-0.15, -0.1) is 11.3 Å². The summed E-state index contributed by atoms with van der Waals surface area (Å²) in [6.07, 6.45) is 0.525. The van der Waals surface area contributed by atoms with E-state index >= 15 is 0 Å². The second-order valence-electron chi connectivity index (χ2n) is 6.32. The summed E-state index contributed by atoms with van der Waals surface area (Å²) in [7, 11) is 0. The lowest BCUT2D eigenvalue weighted by Gasteiger charge is -2.21. The molecule has 0 spiro atoms. The summed E-state index contributed by atoms with van der Waals surface area (Å²) < 4.78 is 0. The van der Waals surface area contributed by atoms with Crippen LogP contribution in [0.4, 0.5) is 0 Å². The largest absolute Gasteiger partial charge is 0.387 e. The molecule has 0 aliphatic heterocycles. The van der Waals surface area contributed by atoms with Gasteiger partial charge in [0.15, 0.2) is 0 Å². The first kappa shape index (κ1) is 15.3. The Kier molecular flexibility index (Phi) is 4.66. The Balaban J connectivity index is 2.25. The van der Waals surface area contributed by atoms with Crippen LogP contribution in [0.3, 0.4) is 0 Å². The molecular formula is C18H24OS. The quantitative estimate of drug-likeness (QED) is 0.812. The van der Waals surface area contributed by atoms with Gasteiger partial charge in [-0.05, 0) is 29.5 Å². The van der Waals surface area contributed by atoms with E-state index in [4.69, 9.17) is 0 Å². The molecule has 1 heterocycles.